The van der Waals surface area contributed by atoms with Crippen molar-refractivity contribution in [3.05, 3.63) is 34.0 Å². The van der Waals surface area contributed by atoms with Gasteiger partial charge in [0.05, 0.1) is 0 Å². The second kappa shape index (κ2) is 9.16. The van der Waals surface area contributed by atoms with Gasteiger partial charge in [0.1, 0.15) is 12.4 Å². The van der Waals surface area contributed by atoms with Gasteiger partial charge in [-0.25, -0.2) is 4.99 Å². The molecular formula is C19H30N6S. The normalized spacial score (nSPS) is 21.0. The van der Waals surface area contributed by atoms with Gasteiger partial charge < -0.3 is 15.2 Å². The highest BCUT2D eigenvalue weighted by atomic mass is 32.1. The van der Waals surface area contributed by atoms with Crippen LogP contribution < -0.4 is 10.6 Å². The molecule has 0 radical (unpaired) electrons. The Balaban J connectivity index is 1.59. The first kappa shape index (κ1) is 18.9. The average molecular weight is 375 g/mol. The van der Waals surface area contributed by atoms with Crippen molar-refractivity contribution in [1.82, 2.24) is 25.4 Å². The molecule has 0 amide bonds. The molecule has 1 saturated carbocycles. The Morgan fingerprint density at radius 1 is 1.31 bits per heavy atom. The summed E-state index contributed by atoms with van der Waals surface area (Å²) < 4.78 is 2.00. The molecule has 0 aliphatic heterocycles. The van der Waals surface area contributed by atoms with Crippen molar-refractivity contribution in [2.75, 3.05) is 6.54 Å². The van der Waals surface area contributed by atoms with E-state index in [2.05, 4.69) is 45.3 Å². The molecule has 6 nitrogen and oxygen atoms in total. The minimum atomic E-state index is 0.514. The summed E-state index contributed by atoms with van der Waals surface area (Å²) in [4.78, 5) is 6.17. The van der Waals surface area contributed by atoms with E-state index in [0.29, 0.717) is 12.6 Å². The molecule has 2 heterocycles. The van der Waals surface area contributed by atoms with Crippen LogP contribution >= 0.6 is 11.3 Å². The molecule has 142 valence electrons. The molecule has 3 rings (SSSR count). The molecule has 0 bridgehead atoms. The topological polar surface area (TPSA) is 67.1 Å². The minimum absolute atomic E-state index is 0.514. The van der Waals surface area contributed by atoms with Crippen molar-refractivity contribution in [3.63, 3.8) is 0 Å². The van der Waals surface area contributed by atoms with E-state index in [1.54, 1.807) is 11.3 Å². The van der Waals surface area contributed by atoms with Gasteiger partial charge in [-0.05, 0) is 56.4 Å². The Morgan fingerprint density at radius 2 is 2.12 bits per heavy atom. The highest BCUT2D eigenvalue weighted by Crippen LogP contribution is 2.23. The van der Waals surface area contributed by atoms with Crippen LogP contribution in [0.4, 0.5) is 0 Å². The number of aliphatic imine (C=N–C) groups is 1. The molecular weight excluding hydrogens is 344 g/mol. The molecule has 1 fully saturated rings. The Morgan fingerprint density at radius 3 is 2.77 bits per heavy atom. The number of hydrogen-bond donors (Lipinski definition) is 2. The summed E-state index contributed by atoms with van der Waals surface area (Å²) in [6.45, 7) is 5.73. The van der Waals surface area contributed by atoms with Gasteiger partial charge in [0.15, 0.2) is 11.8 Å². The Bertz CT molecular complexity index is 698. The molecule has 0 spiro atoms. The lowest BCUT2D eigenvalue weighted by Gasteiger charge is -2.28. The van der Waals surface area contributed by atoms with Crippen molar-refractivity contribution in [1.29, 1.82) is 0 Å². The van der Waals surface area contributed by atoms with E-state index >= 15 is 0 Å². The quantitative estimate of drug-likeness (QED) is 0.602. The van der Waals surface area contributed by atoms with Crippen molar-refractivity contribution in [2.24, 2.45) is 18.0 Å². The van der Waals surface area contributed by atoms with Crippen LogP contribution in [0.25, 0.3) is 0 Å². The van der Waals surface area contributed by atoms with Gasteiger partial charge in [-0.3, -0.25) is 0 Å². The predicted octanol–water partition coefficient (Wildman–Crippen LogP) is 3.04. The maximum Gasteiger partial charge on any atom is 0.191 e. The van der Waals surface area contributed by atoms with E-state index in [0.717, 1.165) is 36.5 Å². The van der Waals surface area contributed by atoms with E-state index in [1.807, 2.05) is 18.5 Å². The van der Waals surface area contributed by atoms with Crippen LogP contribution in [-0.4, -0.2) is 33.3 Å². The molecule has 2 aromatic rings. The fraction of sp³-hybridized carbons (Fsp3) is 0.632. The van der Waals surface area contributed by atoms with Gasteiger partial charge in [-0.2, -0.15) is 0 Å². The molecule has 2 N–H and O–H groups in total. The summed E-state index contributed by atoms with van der Waals surface area (Å²) in [5.41, 5.74) is 0. The third-order valence-electron chi connectivity index (χ3n) is 5.16. The standard InChI is InChI=1S/C19H30N6S/c1-14-6-8-16(9-7-14)22-19(20-11-10-17-5-4-12-26-17)21-13-18-24-23-15(2)25(18)3/h4-5,12,14,16H,6-11,13H2,1-3H3,(H2,20,21,22). The fourth-order valence-corrected chi connectivity index (χ4v) is 3.96. The lowest BCUT2D eigenvalue weighted by molar-refractivity contribution is 0.329. The number of hydrogen-bond acceptors (Lipinski definition) is 4. The monoisotopic (exact) mass is 374 g/mol. The van der Waals surface area contributed by atoms with E-state index < -0.39 is 0 Å². The first-order chi connectivity index (χ1) is 12.6. The van der Waals surface area contributed by atoms with Crippen molar-refractivity contribution >= 4 is 17.3 Å². The largest absolute Gasteiger partial charge is 0.356 e. The zero-order valence-corrected chi connectivity index (χ0v) is 16.9. The summed E-state index contributed by atoms with van der Waals surface area (Å²) >= 11 is 1.80. The van der Waals surface area contributed by atoms with Gasteiger partial charge in [0.25, 0.3) is 0 Å². The number of thiophene rings is 1. The van der Waals surface area contributed by atoms with Gasteiger partial charge >= 0.3 is 0 Å². The minimum Gasteiger partial charge on any atom is -0.356 e. The van der Waals surface area contributed by atoms with Gasteiger partial charge in [-0.15, -0.1) is 21.5 Å². The molecule has 0 atom stereocenters. The number of nitrogens with one attached hydrogen (secondary N) is 2. The number of aromatic nitrogens is 3. The van der Waals surface area contributed by atoms with Crippen LogP contribution in [0.3, 0.4) is 0 Å². The third kappa shape index (κ3) is 5.30. The second-order valence-corrected chi connectivity index (χ2v) is 8.28. The number of aryl methyl sites for hydroxylation is 1. The van der Waals surface area contributed by atoms with Gasteiger partial charge in [0.2, 0.25) is 0 Å². The molecule has 26 heavy (non-hydrogen) atoms. The van der Waals surface area contributed by atoms with Gasteiger partial charge in [-0.1, -0.05) is 13.0 Å². The Labute approximate surface area is 160 Å². The fourth-order valence-electron chi connectivity index (χ4n) is 3.25. The van der Waals surface area contributed by atoms with Gasteiger partial charge in [0, 0.05) is 24.5 Å². The molecule has 2 aromatic heterocycles. The van der Waals surface area contributed by atoms with Crippen LogP contribution in [-0.2, 0) is 20.0 Å². The zero-order chi connectivity index (χ0) is 18.4. The molecule has 0 unspecified atom stereocenters. The van der Waals surface area contributed by atoms with Crippen LogP contribution in [0.1, 0.15) is 49.1 Å². The van der Waals surface area contributed by atoms with E-state index in [4.69, 9.17) is 4.99 Å². The third-order valence-corrected chi connectivity index (χ3v) is 6.10. The molecule has 0 saturated heterocycles. The van der Waals surface area contributed by atoms with Crippen LogP contribution in [0.2, 0.25) is 0 Å². The number of nitrogens with zero attached hydrogens (tertiary/aromatic N) is 4. The first-order valence-electron chi connectivity index (χ1n) is 9.54. The first-order valence-corrected chi connectivity index (χ1v) is 10.4. The average Bonchev–Trinajstić information content (AvgIpc) is 3.26. The smallest absolute Gasteiger partial charge is 0.191 e. The van der Waals surface area contributed by atoms with Crippen LogP contribution in [0.15, 0.2) is 22.5 Å². The molecule has 1 aliphatic rings. The highest BCUT2D eigenvalue weighted by Gasteiger charge is 2.19. The number of rotatable bonds is 6. The summed E-state index contributed by atoms with van der Waals surface area (Å²) in [7, 11) is 1.99. The summed E-state index contributed by atoms with van der Waals surface area (Å²) in [6, 6.07) is 4.80. The summed E-state index contributed by atoms with van der Waals surface area (Å²) in [5, 5.41) is 17.6. The van der Waals surface area contributed by atoms with E-state index in [9.17, 15) is 0 Å². The SMILES string of the molecule is Cc1nnc(CN=C(NCCc2cccs2)NC2CCC(C)CC2)n1C. The van der Waals surface area contributed by atoms with Crippen molar-refractivity contribution in [3.8, 4) is 0 Å². The van der Waals surface area contributed by atoms with E-state index in [1.165, 1.54) is 30.6 Å². The Kier molecular flexibility index (Phi) is 6.66. The van der Waals surface area contributed by atoms with Crippen molar-refractivity contribution < 1.29 is 0 Å². The van der Waals surface area contributed by atoms with Crippen LogP contribution in [0, 0.1) is 12.8 Å². The van der Waals surface area contributed by atoms with Crippen LogP contribution in [0.5, 0.6) is 0 Å². The highest BCUT2D eigenvalue weighted by molar-refractivity contribution is 7.09. The second-order valence-electron chi connectivity index (χ2n) is 7.24. The summed E-state index contributed by atoms with van der Waals surface area (Å²) in [6.07, 6.45) is 6.04. The molecule has 1 aliphatic carbocycles. The van der Waals surface area contributed by atoms with Crippen molar-refractivity contribution in [2.45, 2.75) is 58.5 Å². The van der Waals surface area contributed by atoms with E-state index in [-0.39, 0.29) is 0 Å². The Hall–Kier alpha value is -1.89. The summed E-state index contributed by atoms with van der Waals surface area (Å²) in [5.74, 6) is 3.54. The number of guanidine groups is 1. The maximum absolute atomic E-state index is 4.77. The molecule has 0 aromatic carbocycles. The molecule has 7 heteroatoms. The zero-order valence-electron chi connectivity index (χ0n) is 16.0. The lowest BCUT2D eigenvalue weighted by atomic mass is 9.87. The maximum atomic E-state index is 4.77. The predicted molar refractivity (Wildman–Crippen MR) is 107 cm³/mol. The lowest BCUT2D eigenvalue weighted by Crippen LogP contribution is -2.45.